The van der Waals surface area contributed by atoms with E-state index >= 15 is 0 Å². The molecule has 0 atom stereocenters. The molecule has 2 amide bonds. The summed E-state index contributed by atoms with van der Waals surface area (Å²) in [5.41, 5.74) is 0. The summed E-state index contributed by atoms with van der Waals surface area (Å²) >= 11 is 0. The number of amides is 2. The van der Waals surface area contributed by atoms with E-state index in [-0.39, 0.29) is 24.9 Å². The van der Waals surface area contributed by atoms with Gasteiger partial charge >= 0.3 is 0 Å². The first-order valence-corrected chi connectivity index (χ1v) is 4.40. The maximum Gasteiger partial charge on any atom is 0.244 e. The molecule has 0 aliphatic rings. The fourth-order valence-corrected chi connectivity index (χ4v) is 0.956. The largest absolute Gasteiger partial charge is 0.358 e. The second-order valence-electron chi connectivity index (χ2n) is 3.02. The van der Waals surface area contributed by atoms with Gasteiger partial charge < -0.3 is 10.2 Å². The Hall–Kier alpha value is -1.92. The highest BCUT2D eigenvalue weighted by atomic mass is 16.2. The molecule has 1 aromatic rings. The van der Waals surface area contributed by atoms with Gasteiger partial charge in [-0.15, -0.1) is 0 Å². The van der Waals surface area contributed by atoms with E-state index in [1.165, 1.54) is 29.3 Å². The zero-order valence-corrected chi connectivity index (χ0v) is 8.67. The number of rotatable bonds is 4. The predicted octanol–water partition coefficient (Wildman–Crippen LogP) is -1.52. The maximum atomic E-state index is 11.5. The Labute approximate surface area is 87.1 Å². The fraction of sp³-hybridized carbons (Fsp3) is 0.500. The summed E-state index contributed by atoms with van der Waals surface area (Å²) < 4.78 is 1.41. The smallest absolute Gasteiger partial charge is 0.244 e. The third kappa shape index (κ3) is 3.37. The Balaban J connectivity index is 2.43. The fourth-order valence-electron chi connectivity index (χ4n) is 0.956. The van der Waals surface area contributed by atoms with Crippen molar-refractivity contribution in [2.75, 3.05) is 20.6 Å². The maximum absolute atomic E-state index is 11.5. The van der Waals surface area contributed by atoms with E-state index in [0.717, 1.165) is 0 Å². The van der Waals surface area contributed by atoms with Crippen LogP contribution in [0.3, 0.4) is 0 Å². The quantitative estimate of drug-likeness (QED) is 0.656. The first-order valence-electron chi connectivity index (χ1n) is 4.40. The van der Waals surface area contributed by atoms with Crippen molar-refractivity contribution >= 4 is 11.8 Å². The molecule has 0 spiro atoms. The van der Waals surface area contributed by atoms with E-state index < -0.39 is 0 Å². The Morgan fingerprint density at radius 1 is 1.53 bits per heavy atom. The van der Waals surface area contributed by atoms with Crippen LogP contribution in [0.25, 0.3) is 0 Å². The van der Waals surface area contributed by atoms with Gasteiger partial charge in [-0.05, 0) is 0 Å². The molecule has 1 N–H and O–H groups in total. The van der Waals surface area contributed by atoms with Gasteiger partial charge in [0.25, 0.3) is 0 Å². The van der Waals surface area contributed by atoms with Crippen LogP contribution in [0.15, 0.2) is 12.7 Å². The van der Waals surface area contributed by atoms with Crippen LogP contribution in [0.5, 0.6) is 0 Å². The molecule has 15 heavy (non-hydrogen) atoms. The molecular weight excluding hydrogens is 198 g/mol. The van der Waals surface area contributed by atoms with E-state index in [2.05, 4.69) is 15.4 Å². The molecule has 0 aliphatic heterocycles. The van der Waals surface area contributed by atoms with Gasteiger partial charge in [-0.2, -0.15) is 5.10 Å². The van der Waals surface area contributed by atoms with Crippen LogP contribution in [-0.4, -0.2) is 52.1 Å². The number of carbonyl (C=O) groups is 2. The number of aromatic nitrogens is 3. The van der Waals surface area contributed by atoms with Crippen LogP contribution >= 0.6 is 0 Å². The van der Waals surface area contributed by atoms with Gasteiger partial charge in [-0.3, -0.25) is 9.59 Å². The Bertz CT molecular complexity index is 335. The van der Waals surface area contributed by atoms with Crippen LogP contribution in [0.1, 0.15) is 0 Å². The Morgan fingerprint density at radius 3 is 2.80 bits per heavy atom. The molecule has 0 bridgehead atoms. The SMILES string of the molecule is CNC(=O)CN(C)C(=O)Cn1cncn1. The summed E-state index contributed by atoms with van der Waals surface area (Å²) in [6.07, 6.45) is 2.80. The van der Waals surface area contributed by atoms with Crippen molar-refractivity contribution in [3.8, 4) is 0 Å². The van der Waals surface area contributed by atoms with Crippen molar-refractivity contribution in [1.82, 2.24) is 25.0 Å². The number of nitrogens with one attached hydrogen (secondary N) is 1. The van der Waals surface area contributed by atoms with Crippen molar-refractivity contribution < 1.29 is 9.59 Å². The average Bonchev–Trinajstić information content (AvgIpc) is 2.70. The number of nitrogens with zero attached hydrogens (tertiary/aromatic N) is 4. The van der Waals surface area contributed by atoms with Crippen LogP contribution in [0, 0.1) is 0 Å². The molecule has 0 saturated heterocycles. The molecular formula is C8H13N5O2. The molecule has 1 heterocycles. The van der Waals surface area contributed by atoms with E-state index in [9.17, 15) is 9.59 Å². The second kappa shape index (κ2) is 5.08. The standard InChI is InChI=1S/C8H13N5O2/c1-9-7(14)3-12(2)8(15)4-13-6-10-5-11-13/h5-6H,3-4H2,1-2H3,(H,9,14). The summed E-state index contributed by atoms with van der Waals surface area (Å²) in [5.74, 6) is -0.395. The van der Waals surface area contributed by atoms with Gasteiger partial charge in [0, 0.05) is 14.1 Å². The molecule has 0 unspecified atom stereocenters. The van der Waals surface area contributed by atoms with Gasteiger partial charge in [0.1, 0.15) is 19.2 Å². The molecule has 82 valence electrons. The van der Waals surface area contributed by atoms with Gasteiger partial charge in [-0.25, -0.2) is 9.67 Å². The lowest BCUT2D eigenvalue weighted by Gasteiger charge is -2.15. The molecule has 1 aromatic heterocycles. The lowest BCUT2D eigenvalue weighted by molar-refractivity contribution is -0.135. The predicted molar refractivity (Wildman–Crippen MR) is 51.7 cm³/mol. The first kappa shape index (κ1) is 11.2. The van der Waals surface area contributed by atoms with Crippen molar-refractivity contribution in [1.29, 1.82) is 0 Å². The third-order valence-corrected chi connectivity index (χ3v) is 1.85. The van der Waals surface area contributed by atoms with Crippen LogP contribution in [0.2, 0.25) is 0 Å². The number of hydrogen-bond donors (Lipinski definition) is 1. The minimum Gasteiger partial charge on any atom is -0.358 e. The van der Waals surface area contributed by atoms with Gasteiger partial charge in [-0.1, -0.05) is 0 Å². The summed E-state index contributed by atoms with van der Waals surface area (Å²) in [7, 11) is 3.09. The molecule has 7 nitrogen and oxygen atoms in total. The Kier molecular flexibility index (Phi) is 3.78. The molecule has 0 fully saturated rings. The zero-order valence-electron chi connectivity index (χ0n) is 8.67. The van der Waals surface area contributed by atoms with Crippen LogP contribution in [-0.2, 0) is 16.1 Å². The summed E-state index contributed by atoms with van der Waals surface area (Å²) in [5, 5.41) is 6.24. The highest BCUT2D eigenvalue weighted by Gasteiger charge is 2.12. The summed E-state index contributed by atoms with van der Waals surface area (Å²) in [6, 6.07) is 0. The zero-order chi connectivity index (χ0) is 11.3. The van der Waals surface area contributed by atoms with E-state index in [0.29, 0.717) is 0 Å². The molecule has 0 aromatic carbocycles. The summed E-state index contributed by atoms with van der Waals surface area (Å²) in [6.45, 7) is 0.136. The van der Waals surface area contributed by atoms with Gasteiger partial charge in [0.05, 0.1) is 6.54 Å². The van der Waals surface area contributed by atoms with E-state index in [1.807, 2.05) is 0 Å². The lowest BCUT2D eigenvalue weighted by atomic mass is 10.4. The monoisotopic (exact) mass is 211 g/mol. The van der Waals surface area contributed by atoms with Crippen molar-refractivity contribution in [2.45, 2.75) is 6.54 Å². The highest BCUT2D eigenvalue weighted by Crippen LogP contribution is 1.89. The van der Waals surface area contributed by atoms with Crippen molar-refractivity contribution in [3.63, 3.8) is 0 Å². The number of likely N-dealkylation sites (N-methyl/N-ethyl adjacent to an activating group) is 2. The Morgan fingerprint density at radius 2 is 2.27 bits per heavy atom. The highest BCUT2D eigenvalue weighted by molar-refractivity contribution is 5.84. The van der Waals surface area contributed by atoms with Crippen molar-refractivity contribution in [3.05, 3.63) is 12.7 Å². The third-order valence-electron chi connectivity index (χ3n) is 1.85. The number of carbonyl (C=O) groups excluding carboxylic acids is 2. The molecule has 0 radical (unpaired) electrons. The first-order chi connectivity index (χ1) is 7.13. The normalized spacial score (nSPS) is 9.73. The van der Waals surface area contributed by atoms with Crippen LogP contribution < -0.4 is 5.32 Å². The van der Waals surface area contributed by atoms with E-state index in [4.69, 9.17) is 0 Å². The number of hydrogen-bond acceptors (Lipinski definition) is 4. The summed E-state index contributed by atoms with van der Waals surface area (Å²) in [4.78, 5) is 27.6. The van der Waals surface area contributed by atoms with Crippen LogP contribution in [0.4, 0.5) is 0 Å². The van der Waals surface area contributed by atoms with Crippen molar-refractivity contribution in [2.24, 2.45) is 0 Å². The van der Waals surface area contributed by atoms with Gasteiger partial charge in [0.2, 0.25) is 11.8 Å². The molecule has 0 aliphatic carbocycles. The molecule has 0 saturated carbocycles. The molecule has 1 rings (SSSR count). The minimum atomic E-state index is -0.204. The van der Waals surface area contributed by atoms with E-state index in [1.54, 1.807) is 7.05 Å². The minimum absolute atomic E-state index is 0.0457. The topological polar surface area (TPSA) is 80.1 Å². The second-order valence-corrected chi connectivity index (χ2v) is 3.02. The van der Waals surface area contributed by atoms with Gasteiger partial charge in [0.15, 0.2) is 0 Å². The molecule has 7 heteroatoms. The average molecular weight is 211 g/mol. The lowest BCUT2D eigenvalue weighted by Crippen LogP contribution is -2.38.